The zero-order chi connectivity index (χ0) is 19.3. The van der Waals surface area contributed by atoms with Crippen LogP contribution in [0.15, 0.2) is 46.0 Å². The summed E-state index contributed by atoms with van der Waals surface area (Å²) in [5.41, 5.74) is 0.736. The topological polar surface area (TPSA) is 79.0 Å². The van der Waals surface area contributed by atoms with Gasteiger partial charge in [-0.25, -0.2) is 13.1 Å². The Labute approximate surface area is 163 Å². The second kappa shape index (κ2) is 8.83. The van der Waals surface area contributed by atoms with Crippen LogP contribution in [-0.4, -0.2) is 70.5 Å². The average molecular weight is 410 g/mol. The van der Waals surface area contributed by atoms with Gasteiger partial charge in [-0.15, -0.1) is 0 Å². The van der Waals surface area contributed by atoms with Crippen molar-refractivity contribution in [2.75, 3.05) is 46.4 Å². The van der Waals surface area contributed by atoms with E-state index in [-0.39, 0.29) is 10.8 Å². The highest BCUT2D eigenvalue weighted by Crippen LogP contribution is 2.17. The summed E-state index contributed by atoms with van der Waals surface area (Å²) in [5, 5.41) is 3.76. The number of hydrogen-bond acceptors (Lipinski definition) is 6. The minimum absolute atomic E-state index is 0.0645. The molecule has 1 N–H and O–H groups in total. The highest BCUT2D eigenvalue weighted by Gasteiger charge is 2.22. The Morgan fingerprint density at radius 2 is 2.00 bits per heavy atom. The summed E-state index contributed by atoms with van der Waals surface area (Å²) in [6.07, 6.45) is 0. The van der Waals surface area contributed by atoms with E-state index in [2.05, 4.69) is 9.62 Å². The van der Waals surface area contributed by atoms with Gasteiger partial charge in [0.25, 0.3) is 5.91 Å². The lowest BCUT2D eigenvalue weighted by molar-refractivity contribution is 0.0640. The molecule has 0 spiro atoms. The van der Waals surface area contributed by atoms with E-state index in [0.717, 1.165) is 18.7 Å². The molecule has 0 radical (unpaired) electrons. The summed E-state index contributed by atoms with van der Waals surface area (Å²) < 4.78 is 32.5. The van der Waals surface area contributed by atoms with E-state index in [1.807, 2.05) is 21.7 Å². The molecule has 27 heavy (non-hydrogen) atoms. The molecule has 1 fully saturated rings. The monoisotopic (exact) mass is 409 g/mol. The number of sulfonamides is 1. The molecular formula is C18H23N3O4S2. The van der Waals surface area contributed by atoms with E-state index in [0.29, 0.717) is 31.9 Å². The fraction of sp³-hybridized carbons (Fsp3) is 0.389. The highest BCUT2D eigenvalue weighted by atomic mass is 32.2. The molecular weight excluding hydrogens is 386 g/mol. The van der Waals surface area contributed by atoms with Gasteiger partial charge in [0.2, 0.25) is 10.0 Å². The molecule has 0 unspecified atom stereocenters. The molecule has 2 heterocycles. The first kappa shape index (κ1) is 19.8. The number of benzene rings is 1. The summed E-state index contributed by atoms with van der Waals surface area (Å²) in [5.74, 6) is 0.568. The standard InChI is InChI=1S/C18H23N3O4S2/c1-25-16-3-2-4-17(13-16)27(23,24)19-6-7-20-8-10-21(11-9-20)18(22)15-5-12-26-14-15/h2-5,12-14,19H,6-11H2,1H3. The first-order valence-electron chi connectivity index (χ1n) is 8.67. The molecule has 1 aliphatic rings. The Balaban J connectivity index is 1.45. The maximum atomic E-state index is 12.4. The fourth-order valence-corrected chi connectivity index (χ4v) is 4.62. The molecule has 9 heteroatoms. The van der Waals surface area contributed by atoms with Gasteiger partial charge >= 0.3 is 0 Å². The van der Waals surface area contributed by atoms with E-state index in [1.165, 1.54) is 24.5 Å². The summed E-state index contributed by atoms with van der Waals surface area (Å²) in [4.78, 5) is 16.5. The van der Waals surface area contributed by atoms with Gasteiger partial charge in [-0.1, -0.05) is 6.07 Å². The zero-order valence-corrected chi connectivity index (χ0v) is 16.8. The predicted octanol–water partition coefficient (Wildman–Crippen LogP) is 1.49. The van der Waals surface area contributed by atoms with Crippen molar-refractivity contribution in [3.63, 3.8) is 0 Å². The minimum atomic E-state index is -3.57. The molecule has 1 aliphatic heterocycles. The molecule has 0 bridgehead atoms. The molecule has 1 saturated heterocycles. The summed E-state index contributed by atoms with van der Waals surface area (Å²) in [7, 11) is -2.07. The second-order valence-corrected chi connectivity index (χ2v) is 8.77. The van der Waals surface area contributed by atoms with Crippen LogP contribution in [-0.2, 0) is 10.0 Å². The molecule has 2 aromatic rings. The van der Waals surface area contributed by atoms with Gasteiger partial charge in [0.05, 0.1) is 17.6 Å². The van der Waals surface area contributed by atoms with Crippen LogP contribution >= 0.6 is 11.3 Å². The molecule has 146 valence electrons. The van der Waals surface area contributed by atoms with Crippen molar-refractivity contribution < 1.29 is 17.9 Å². The Bertz CT molecular complexity index is 860. The summed E-state index contributed by atoms with van der Waals surface area (Å²) in [6, 6.07) is 8.23. The number of thiophene rings is 1. The number of methoxy groups -OCH3 is 1. The van der Waals surface area contributed by atoms with Crippen molar-refractivity contribution in [2.45, 2.75) is 4.90 Å². The maximum Gasteiger partial charge on any atom is 0.254 e. The van der Waals surface area contributed by atoms with Gasteiger partial charge in [-0.05, 0) is 23.6 Å². The van der Waals surface area contributed by atoms with Crippen molar-refractivity contribution in [3.8, 4) is 5.75 Å². The molecule has 0 saturated carbocycles. The highest BCUT2D eigenvalue weighted by molar-refractivity contribution is 7.89. The van der Waals surface area contributed by atoms with Gasteiger partial charge in [0, 0.05) is 50.7 Å². The normalized spacial score (nSPS) is 15.7. The second-order valence-electron chi connectivity index (χ2n) is 6.22. The largest absolute Gasteiger partial charge is 0.497 e. The third-order valence-electron chi connectivity index (χ3n) is 4.50. The third-order valence-corrected chi connectivity index (χ3v) is 6.64. The van der Waals surface area contributed by atoms with Gasteiger partial charge in [-0.3, -0.25) is 9.69 Å². The summed E-state index contributed by atoms with van der Waals surface area (Å²) in [6.45, 7) is 3.68. The molecule has 1 amide bonds. The predicted molar refractivity (Wildman–Crippen MR) is 105 cm³/mol. The Hall–Kier alpha value is -1.94. The van der Waals surface area contributed by atoms with Gasteiger partial charge in [0.15, 0.2) is 0 Å². The van der Waals surface area contributed by atoms with Gasteiger partial charge in [-0.2, -0.15) is 11.3 Å². The molecule has 1 aromatic carbocycles. The number of nitrogens with zero attached hydrogens (tertiary/aromatic N) is 2. The van der Waals surface area contributed by atoms with Crippen molar-refractivity contribution in [3.05, 3.63) is 46.7 Å². The molecule has 1 aromatic heterocycles. The number of carbonyl (C=O) groups is 1. The summed E-state index contributed by atoms with van der Waals surface area (Å²) >= 11 is 1.52. The van der Waals surface area contributed by atoms with E-state index in [4.69, 9.17) is 4.74 Å². The lowest BCUT2D eigenvalue weighted by Crippen LogP contribution is -2.50. The number of amides is 1. The van der Waals surface area contributed by atoms with Gasteiger partial charge < -0.3 is 9.64 Å². The van der Waals surface area contributed by atoms with Crippen LogP contribution in [0, 0.1) is 0 Å². The van der Waals surface area contributed by atoms with Crippen LogP contribution < -0.4 is 9.46 Å². The van der Waals surface area contributed by atoms with E-state index in [1.54, 1.807) is 18.2 Å². The Kier molecular flexibility index (Phi) is 6.48. The van der Waals surface area contributed by atoms with Crippen molar-refractivity contribution in [1.82, 2.24) is 14.5 Å². The van der Waals surface area contributed by atoms with E-state index < -0.39 is 10.0 Å². The quantitative estimate of drug-likeness (QED) is 0.750. The first-order chi connectivity index (χ1) is 13.0. The van der Waals surface area contributed by atoms with Crippen molar-refractivity contribution in [2.24, 2.45) is 0 Å². The van der Waals surface area contributed by atoms with E-state index >= 15 is 0 Å². The molecule has 0 atom stereocenters. The van der Waals surface area contributed by atoms with Crippen molar-refractivity contribution in [1.29, 1.82) is 0 Å². The number of ether oxygens (including phenoxy) is 1. The van der Waals surface area contributed by atoms with Crippen LogP contribution in [0.4, 0.5) is 0 Å². The minimum Gasteiger partial charge on any atom is -0.497 e. The van der Waals surface area contributed by atoms with Crippen LogP contribution in [0.1, 0.15) is 10.4 Å². The Morgan fingerprint density at radius 3 is 2.67 bits per heavy atom. The van der Waals surface area contributed by atoms with Crippen LogP contribution in [0.5, 0.6) is 5.75 Å². The van der Waals surface area contributed by atoms with E-state index in [9.17, 15) is 13.2 Å². The molecule has 3 rings (SSSR count). The van der Waals surface area contributed by atoms with Crippen molar-refractivity contribution >= 4 is 27.3 Å². The van der Waals surface area contributed by atoms with Crippen LogP contribution in [0.2, 0.25) is 0 Å². The lowest BCUT2D eigenvalue weighted by Gasteiger charge is -2.34. The fourth-order valence-electron chi connectivity index (χ4n) is 2.93. The maximum absolute atomic E-state index is 12.4. The molecule has 7 nitrogen and oxygen atoms in total. The molecule has 0 aliphatic carbocycles. The number of nitrogens with one attached hydrogen (secondary N) is 1. The van der Waals surface area contributed by atoms with Crippen LogP contribution in [0.25, 0.3) is 0 Å². The third kappa shape index (κ3) is 5.07. The SMILES string of the molecule is COc1cccc(S(=O)(=O)NCCN2CCN(C(=O)c3ccsc3)CC2)c1. The smallest absolute Gasteiger partial charge is 0.254 e. The number of piperazine rings is 1. The number of hydrogen-bond donors (Lipinski definition) is 1. The van der Waals surface area contributed by atoms with Crippen LogP contribution in [0.3, 0.4) is 0 Å². The first-order valence-corrected chi connectivity index (χ1v) is 11.1. The Morgan fingerprint density at radius 1 is 1.22 bits per heavy atom. The average Bonchev–Trinajstić information content (AvgIpc) is 3.23. The van der Waals surface area contributed by atoms with Gasteiger partial charge in [0.1, 0.15) is 5.75 Å². The number of carbonyl (C=O) groups excluding carboxylic acids is 1. The lowest BCUT2D eigenvalue weighted by atomic mass is 10.2. The number of rotatable bonds is 7. The zero-order valence-electron chi connectivity index (χ0n) is 15.1.